The van der Waals surface area contributed by atoms with Crippen LogP contribution in [0.2, 0.25) is 0 Å². The predicted molar refractivity (Wildman–Crippen MR) is 66.8 cm³/mol. The molecular formula is C11H10INO. The quantitative estimate of drug-likeness (QED) is 0.746. The third-order valence-corrected chi connectivity index (χ3v) is 3.12. The highest BCUT2D eigenvalue weighted by Crippen LogP contribution is 2.14. The van der Waals surface area contributed by atoms with E-state index < -0.39 is 0 Å². The Labute approximate surface area is 95.5 Å². The van der Waals surface area contributed by atoms with Gasteiger partial charge in [-0.05, 0) is 54.6 Å². The fourth-order valence-electron chi connectivity index (χ4n) is 1.48. The SMILES string of the molecule is Cc1[nH]c2ccc(I)cc2c(=O)c1C. The Hall–Kier alpha value is -0.840. The number of aryl methyl sites for hydroxylation is 1. The summed E-state index contributed by atoms with van der Waals surface area (Å²) in [6, 6.07) is 5.86. The molecule has 0 atom stereocenters. The molecule has 1 aromatic heterocycles. The van der Waals surface area contributed by atoms with Crippen LogP contribution in [0.1, 0.15) is 11.3 Å². The number of aromatic amines is 1. The Morgan fingerprint density at radius 3 is 2.71 bits per heavy atom. The molecule has 0 aliphatic rings. The average molecular weight is 299 g/mol. The van der Waals surface area contributed by atoms with Crippen LogP contribution in [0.4, 0.5) is 0 Å². The highest BCUT2D eigenvalue weighted by atomic mass is 127. The molecule has 1 aromatic carbocycles. The highest BCUT2D eigenvalue weighted by Gasteiger charge is 2.04. The van der Waals surface area contributed by atoms with Gasteiger partial charge in [-0.25, -0.2) is 0 Å². The topological polar surface area (TPSA) is 32.9 Å². The Kier molecular flexibility index (Phi) is 2.34. The molecule has 0 unspecified atom stereocenters. The number of H-pyrrole nitrogens is 1. The molecule has 0 aliphatic carbocycles. The zero-order valence-electron chi connectivity index (χ0n) is 8.02. The van der Waals surface area contributed by atoms with E-state index in [-0.39, 0.29) is 5.43 Å². The first-order valence-electron chi connectivity index (χ1n) is 4.38. The van der Waals surface area contributed by atoms with Gasteiger partial charge in [0.25, 0.3) is 0 Å². The summed E-state index contributed by atoms with van der Waals surface area (Å²) in [4.78, 5) is 15.1. The van der Waals surface area contributed by atoms with Gasteiger partial charge in [0.1, 0.15) is 0 Å². The van der Waals surface area contributed by atoms with Gasteiger partial charge in [0, 0.05) is 25.7 Å². The molecule has 0 fully saturated rings. The van der Waals surface area contributed by atoms with Gasteiger partial charge in [0.05, 0.1) is 0 Å². The van der Waals surface area contributed by atoms with E-state index in [2.05, 4.69) is 27.6 Å². The molecule has 0 saturated heterocycles. The lowest BCUT2D eigenvalue weighted by molar-refractivity contribution is 1.18. The van der Waals surface area contributed by atoms with Crippen molar-refractivity contribution in [2.24, 2.45) is 0 Å². The second-order valence-corrected chi connectivity index (χ2v) is 4.64. The van der Waals surface area contributed by atoms with E-state index in [0.29, 0.717) is 0 Å². The van der Waals surface area contributed by atoms with Crippen LogP contribution < -0.4 is 5.43 Å². The summed E-state index contributed by atoms with van der Waals surface area (Å²) < 4.78 is 1.09. The van der Waals surface area contributed by atoms with Crippen molar-refractivity contribution in [2.75, 3.05) is 0 Å². The molecule has 3 heteroatoms. The lowest BCUT2D eigenvalue weighted by atomic mass is 10.1. The van der Waals surface area contributed by atoms with E-state index in [0.717, 1.165) is 25.7 Å². The smallest absolute Gasteiger partial charge is 0.192 e. The third-order valence-electron chi connectivity index (χ3n) is 2.45. The summed E-state index contributed by atoms with van der Waals surface area (Å²) in [6.07, 6.45) is 0. The zero-order chi connectivity index (χ0) is 10.3. The number of rotatable bonds is 0. The first-order valence-corrected chi connectivity index (χ1v) is 5.46. The van der Waals surface area contributed by atoms with E-state index in [1.807, 2.05) is 32.0 Å². The van der Waals surface area contributed by atoms with Gasteiger partial charge in [-0.2, -0.15) is 0 Å². The number of halogens is 1. The zero-order valence-corrected chi connectivity index (χ0v) is 10.2. The largest absolute Gasteiger partial charge is 0.358 e. The number of hydrogen-bond donors (Lipinski definition) is 1. The maximum absolute atomic E-state index is 11.9. The lowest BCUT2D eigenvalue weighted by Crippen LogP contribution is -2.09. The number of hydrogen-bond acceptors (Lipinski definition) is 1. The van der Waals surface area contributed by atoms with Crippen molar-refractivity contribution in [1.29, 1.82) is 0 Å². The summed E-state index contributed by atoms with van der Waals surface area (Å²) in [5.41, 5.74) is 2.80. The van der Waals surface area contributed by atoms with Crippen LogP contribution in [0.15, 0.2) is 23.0 Å². The molecule has 1 heterocycles. The molecule has 1 N–H and O–H groups in total. The molecule has 0 amide bonds. The average Bonchev–Trinajstić information content (AvgIpc) is 2.16. The van der Waals surface area contributed by atoms with Gasteiger partial charge < -0.3 is 4.98 Å². The minimum absolute atomic E-state index is 0.134. The maximum Gasteiger partial charge on any atom is 0.192 e. The molecule has 0 radical (unpaired) electrons. The standard InChI is InChI=1S/C11H10INO/c1-6-7(2)13-10-4-3-8(12)5-9(10)11(6)14/h3-5H,1-2H3,(H,13,14). The van der Waals surface area contributed by atoms with Crippen LogP contribution in [0.5, 0.6) is 0 Å². The second kappa shape index (κ2) is 3.38. The van der Waals surface area contributed by atoms with Crippen molar-refractivity contribution in [2.45, 2.75) is 13.8 Å². The first-order chi connectivity index (χ1) is 6.59. The Bertz CT molecular complexity index is 557. The Balaban J connectivity index is 2.99. The van der Waals surface area contributed by atoms with Crippen LogP contribution in [0.25, 0.3) is 10.9 Å². The second-order valence-electron chi connectivity index (χ2n) is 3.39. The van der Waals surface area contributed by atoms with Crippen molar-refractivity contribution in [3.63, 3.8) is 0 Å². The van der Waals surface area contributed by atoms with Gasteiger partial charge in [-0.3, -0.25) is 4.79 Å². The van der Waals surface area contributed by atoms with Gasteiger partial charge >= 0.3 is 0 Å². The minimum Gasteiger partial charge on any atom is -0.358 e. The van der Waals surface area contributed by atoms with E-state index >= 15 is 0 Å². The monoisotopic (exact) mass is 299 g/mol. The normalized spacial score (nSPS) is 10.8. The predicted octanol–water partition coefficient (Wildman–Crippen LogP) is 2.75. The molecule has 2 aromatic rings. The molecular weight excluding hydrogens is 289 g/mol. The van der Waals surface area contributed by atoms with Gasteiger partial charge in [0.2, 0.25) is 0 Å². The molecule has 0 spiro atoms. The van der Waals surface area contributed by atoms with Crippen molar-refractivity contribution in [1.82, 2.24) is 4.98 Å². The molecule has 2 rings (SSSR count). The summed E-state index contributed by atoms with van der Waals surface area (Å²) in [5.74, 6) is 0. The van der Waals surface area contributed by atoms with Crippen LogP contribution in [-0.2, 0) is 0 Å². The summed E-state index contributed by atoms with van der Waals surface area (Å²) >= 11 is 2.21. The molecule has 72 valence electrons. The van der Waals surface area contributed by atoms with Crippen LogP contribution in [0.3, 0.4) is 0 Å². The third kappa shape index (κ3) is 1.45. The van der Waals surface area contributed by atoms with Crippen LogP contribution in [0, 0.1) is 17.4 Å². The number of fused-ring (bicyclic) bond motifs is 1. The number of benzene rings is 1. The van der Waals surface area contributed by atoms with E-state index in [4.69, 9.17) is 0 Å². The van der Waals surface area contributed by atoms with Crippen LogP contribution >= 0.6 is 22.6 Å². The molecule has 2 nitrogen and oxygen atoms in total. The maximum atomic E-state index is 11.9. The van der Waals surface area contributed by atoms with Crippen molar-refractivity contribution >= 4 is 33.5 Å². The minimum atomic E-state index is 0.134. The number of aromatic nitrogens is 1. The number of pyridine rings is 1. The van der Waals surface area contributed by atoms with E-state index in [9.17, 15) is 4.79 Å². The fourth-order valence-corrected chi connectivity index (χ4v) is 1.97. The molecule has 14 heavy (non-hydrogen) atoms. The summed E-state index contributed by atoms with van der Waals surface area (Å²) in [6.45, 7) is 3.78. The van der Waals surface area contributed by atoms with Crippen molar-refractivity contribution in [3.05, 3.63) is 43.2 Å². The first kappa shape index (κ1) is 9.71. The lowest BCUT2D eigenvalue weighted by Gasteiger charge is -2.03. The van der Waals surface area contributed by atoms with E-state index in [1.165, 1.54) is 0 Å². The Morgan fingerprint density at radius 1 is 1.29 bits per heavy atom. The van der Waals surface area contributed by atoms with Gasteiger partial charge in [0.15, 0.2) is 5.43 Å². The molecule has 0 saturated carbocycles. The van der Waals surface area contributed by atoms with Crippen molar-refractivity contribution < 1.29 is 0 Å². The Morgan fingerprint density at radius 2 is 2.00 bits per heavy atom. The molecule has 0 bridgehead atoms. The number of nitrogens with one attached hydrogen (secondary N) is 1. The summed E-state index contributed by atoms with van der Waals surface area (Å²) in [5, 5.41) is 0.778. The van der Waals surface area contributed by atoms with Gasteiger partial charge in [-0.1, -0.05) is 0 Å². The van der Waals surface area contributed by atoms with Gasteiger partial charge in [-0.15, -0.1) is 0 Å². The van der Waals surface area contributed by atoms with Crippen LogP contribution in [-0.4, -0.2) is 4.98 Å². The summed E-state index contributed by atoms with van der Waals surface area (Å²) in [7, 11) is 0. The molecule has 0 aliphatic heterocycles. The van der Waals surface area contributed by atoms with E-state index in [1.54, 1.807) is 0 Å². The van der Waals surface area contributed by atoms with Crippen molar-refractivity contribution in [3.8, 4) is 0 Å². The highest BCUT2D eigenvalue weighted by molar-refractivity contribution is 14.1. The fraction of sp³-hybridized carbons (Fsp3) is 0.182.